The summed E-state index contributed by atoms with van der Waals surface area (Å²) in [6.07, 6.45) is 7.76. The molecule has 2 atom stereocenters. The number of aryl methyl sites for hydroxylation is 1. The Bertz CT molecular complexity index is 431. The van der Waals surface area contributed by atoms with Crippen molar-refractivity contribution in [3.8, 4) is 0 Å². The van der Waals surface area contributed by atoms with Gasteiger partial charge in [-0.15, -0.1) is 10.2 Å². The zero-order valence-corrected chi connectivity index (χ0v) is 11.8. The maximum Gasteiger partial charge on any atom is 0.147 e. The van der Waals surface area contributed by atoms with Gasteiger partial charge < -0.3 is 9.67 Å². The summed E-state index contributed by atoms with van der Waals surface area (Å²) < 4.78 is 2.27. The Balaban J connectivity index is 1.68. The van der Waals surface area contributed by atoms with Crippen molar-refractivity contribution in [3.63, 3.8) is 0 Å². The summed E-state index contributed by atoms with van der Waals surface area (Å²) >= 11 is 0. The molecule has 0 amide bonds. The summed E-state index contributed by atoms with van der Waals surface area (Å²) in [6, 6.07) is 0.283. The van der Waals surface area contributed by atoms with E-state index in [1.54, 1.807) is 0 Å². The van der Waals surface area contributed by atoms with Crippen molar-refractivity contribution in [1.29, 1.82) is 0 Å². The van der Waals surface area contributed by atoms with E-state index < -0.39 is 0 Å². The van der Waals surface area contributed by atoms with E-state index >= 15 is 0 Å². The minimum absolute atomic E-state index is 0.178. The summed E-state index contributed by atoms with van der Waals surface area (Å²) in [5.74, 6) is 2.20. The van der Waals surface area contributed by atoms with Crippen molar-refractivity contribution >= 4 is 0 Å². The largest absolute Gasteiger partial charge is 0.391 e. The zero-order chi connectivity index (χ0) is 13.2. The molecule has 0 spiro atoms. The number of fused-ring (bicyclic) bond motifs is 1. The van der Waals surface area contributed by atoms with Crippen LogP contribution in [0.25, 0.3) is 0 Å². The second kappa shape index (κ2) is 5.59. The highest BCUT2D eigenvalue weighted by Crippen LogP contribution is 2.24. The van der Waals surface area contributed by atoms with Gasteiger partial charge in [-0.3, -0.25) is 4.90 Å². The number of hydrogen-bond donors (Lipinski definition) is 1. The standard InChI is InChI=1S/C14H24N4O/c1-17(11-6-2-3-7-12(11)19)10-14-16-15-13-8-4-5-9-18(13)14/h11-12,19H,2-10H2,1H3. The van der Waals surface area contributed by atoms with E-state index in [9.17, 15) is 5.11 Å². The Morgan fingerprint density at radius 2 is 2.05 bits per heavy atom. The van der Waals surface area contributed by atoms with E-state index in [0.717, 1.165) is 50.4 Å². The molecule has 2 heterocycles. The molecule has 1 aliphatic heterocycles. The molecule has 1 aromatic heterocycles. The lowest BCUT2D eigenvalue weighted by molar-refractivity contribution is 0.0272. The molecule has 1 aliphatic carbocycles. The van der Waals surface area contributed by atoms with Crippen LogP contribution >= 0.6 is 0 Å². The van der Waals surface area contributed by atoms with Crippen molar-refractivity contribution in [2.75, 3.05) is 7.05 Å². The van der Waals surface area contributed by atoms with E-state index in [4.69, 9.17) is 0 Å². The first kappa shape index (κ1) is 13.1. The third-order valence-electron chi connectivity index (χ3n) is 4.59. The normalized spacial score (nSPS) is 27.5. The van der Waals surface area contributed by atoms with Gasteiger partial charge >= 0.3 is 0 Å². The molecular formula is C14H24N4O. The van der Waals surface area contributed by atoms with Crippen LogP contribution in [-0.4, -0.2) is 44.0 Å². The van der Waals surface area contributed by atoms with Gasteiger partial charge in [0.2, 0.25) is 0 Å². The number of hydrogen-bond acceptors (Lipinski definition) is 4. The Morgan fingerprint density at radius 3 is 2.89 bits per heavy atom. The lowest BCUT2D eigenvalue weighted by Gasteiger charge is -2.35. The first-order valence-corrected chi connectivity index (χ1v) is 7.55. The summed E-state index contributed by atoms with van der Waals surface area (Å²) in [5.41, 5.74) is 0. The van der Waals surface area contributed by atoms with Crippen LogP contribution in [0.15, 0.2) is 0 Å². The van der Waals surface area contributed by atoms with Gasteiger partial charge in [0.15, 0.2) is 0 Å². The van der Waals surface area contributed by atoms with Crippen LogP contribution in [0.1, 0.15) is 50.2 Å². The second-order valence-corrected chi connectivity index (χ2v) is 5.98. The van der Waals surface area contributed by atoms with E-state index in [-0.39, 0.29) is 12.1 Å². The molecular weight excluding hydrogens is 240 g/mol. The predicted octanol–water partition coefficient (Wildman–Crippen LogP) is 1.35. The summed E-state index contributed by atoms with van der Waals surface area (Å²) in [4.78, 5) is 2.26. The fourth-order valence-corrected chi connectivity index (χ4v) is 3.43. The highest BCUT2D eigenvalue weighted by Gasteiger charge is 2.28. The van der Waals surface area contributed by atoms with Crippen LogP contribution in [0.3, 0.4) is 0 Å². The van der Waals surface area contributed by atoms with Crippen LogP contribution in [0.5, 0.6) is 0 Å². The maximum absolute atomic E-state index is 10.1. The van der Waals surface area contributed by atoms with Crippen LogP contribution < -0.4 is 0 Å². The number of nitrogens with zero attached hydrogens (tertiary/aromatic N) is 4. The second-order valence-electron chi connectivity index (χ2n) is 5.98. The maximum atomic E-state index is 10.1. The van der Waals surface area contributed by atoms with Crippen molar-refractivity contribution in [2.45, 2.75) is 70.2 Å². The van der Waals surface area contributed by atoms with Crippen molar-refractivity contribution in [1.82, 2.24) is 19.7 Å². The smallest absolute Gasteiger partial charge is 0.147 e. The Morgan fingerprint density at radius 1 is 1.21 bits per heavy atom. The number of aliphatic hydroxyl groups is 1. The van der Waals surface area contributed by atoms with Gasteiger partial charge in [-0.2, -0.15) is 0 Å². The summed E-state index contributed by atoms with van der Waals surface area (Å²) in [7, 11) is 2.10. The lowest BCUT2D eigenvalue weighted by Crippen LogP contribution is -2.43. The monoisotopic (exact) mass is 264 g/mol. The van der Waals surface area contributed by atoms with Gasteiger partial charge in [0, 0.05) is 19.0 Å². The number of likely N-dealkylation sites (N-methyl/N-ethyl adjacent to an activating group) is 1. The molecule has 1 fully saturated rings. The fourth-order valence-electron chi connectivity index (χ4n) is 3.43. The first-order valence-electron chi connectivity index (χ1n) is 7.55. The van der Waals surface area contributed by atoms with Crippen LogP contribution in [0.2, 0.25) is 0 Å². The van der Waals surface area contributed by atoms with Crippen molar-refractivity contribution < 1.29 is 5.11 Å². The minimum atomic E-state index is -0.178. The summed E-state index contributed by atoms with van der Waals surface area (Å²) in [5, 5.41) is 18.8. The van der Waals surface area contributed by atoms with Crippen LogP contribution in [0.4, 0.5) is 0 Å². The fraction of sp³-hybridized carbons (Fsp3) is 0.857. The molecule has 1 saturated carbocycles. The Hall–Kier alpha value is -0.940. The molecule has 1 aromatic rings. The average molecular weight is 264 g/mol. The van der Waals surface area contributed by atoms with Crippen LogP contribution in [0, 0.1) is 0 Å². The van der Waals surface area contributed by atoms with Gasteiger partial charge in [0.25, 0.3) is 0 Å². The van der Waals surface area contributed by atoms with Gasteiger partial charge in [0.1, 0.15) is 11.6 Å². The molecule has 0 saturated heterocycles. The van der Waals surface area contributed by atoms with Gasteiger partial charge in [-0.25, -0.2) is 0 Å². The molecule has 1 N–H and O–H groups in total. The Labute approximate surface area is 114 Å². The molecule has 0 aromatic carbocycles. The van der Waals surface area contributed by atoms with Gasteiger partial charge in [-0.1, -0.05) is 12.8 Å². The zero-order valence-electron chi connectivity index (χ0n) is 11.8. The molecule has 5 nitrogen and oxygen atoms in total. The molecule has 19 heavy (non-hydrogen) atoms. The Kier molecular flexibility index (Phi) is 3.84. The predicted molar refractivity (Wildman–Crippen MR) is 72.7 cm³/mol. The third-order valence-corrected chi connectivity index (χ3v) is 4.59. The first-order chi connectivity index (χ1) is 9.25. The topological polar surface area (TPSA) is 54.2 Å². The highest BCUT2D eigenvalue weighted by atomic mass is 16.3. The van der Waals surface area contributed by atoms with Gasteiger partial charge in [-0.05, 0) is 32.7 Å². The quantitative estimate of drug-likeness (QED) is 0.895. The molecule has 106 valence electrons. The molecule has 0 radical (unpaired) electrons. The number of aliphatic hydroxyl groups excluding tert-OH is 1. The number of aromatic nitrogens is 3. The molecule has 2 aliphatic rings. The highest BCUT2D eigenvalue weighted by molar-refractivity contribution is 4.99. The molecule has 0 bridgehead atoms. The SMILES string of the molecule is CN(Cc1nnc2n1CCCC2)C1CCCCC1O. The summed E-state index contributed by atoms with van der Waals surface area (Å²) in [6.45, 7) is 1.85. The van der Waals surface area contributed by atoms with Crippen molar-refractivity contribution in [3.05, 3.63) is 11.6 Å². The average Bonchev–Trinajstić information content (AvgIpc) is 2.83. The van der Waals surface area contributed by atoms with E-state index in [1.807, 2.05) is 0 Å². The minimum Gasteiger partial charge on any atom is -0.391 e. The molecule has 3 rings (SSSR count). The van der Waals surface area contributed by atoms with Gasteiger partial charge in [0.05, 0.1) is 12.6 Å². The molecule has 2 unspecified atom stereocenters. The van der Waals surface area contributed by atoms with Crippen molar-refractivity contribution in [2.24, 2.45) is 0 Å². The lowest BCUT2D eigenvalue weighted by atomic mass is 9.91. The van der Waals surface area contributed by atoms with E-state index in [1.165, 1.54) is 19.3 Å². The number of rotatable bonds is 3. The van der Waals surface area contributed by atoms with Crippen LogP contribution in [-0.2, 0) is 19.5 Å². The third kappa shape index (κ3) is 2.67. The molecule has 5 heteroatoms. The van der Waals surface area contributed by atoms with E-state index in [2.05, 4.69) is 26.7 Å². The van der Waals surface area contributed by atoms with E-state index in [0.29, 0.717) is 0 Å².